The van der Waals surface area contributed by atoms with Crippen LogP contribution in [0.5, 0.6) is 5.75 Å². The SMILES string of the molecule is CCCCCCCCCCCCC(CCCCCCCCCC)COc1cc(N)ccc1N=[NH2+]. The number of unbranched alkanes of at least 4 members (excludes halogenated alkanes) is 16. The maximum absolute atomic E-state index is 6.18. The first-order chi connectivity index (χ1) is 16.7. The van der Waals surface area contributed by atoms with Gasteiger partial charge >= 0.3 is 0 Å². The zero-order chi connectivity index (χ0) is 24.7. The Labute approximate surface area is 211 Å². The van der Waals surface area contributed by atoms with Crippen molar-refractivity contribution in [3.8, 4) is 5.75 Å². The second-order valence-electron chi connectivity index (χ2n) is 10.3. The second-order valence-corrected chi connectivity index (χ2v) is 10.3. The van der Waals surface area contributed by atoms with Gasteiger partial charge in [0.2, 0.25) is 0 Å². The summed E-state index contributed by atoms with van der Waals surface area (Å²) >= 11 is 0. The average molecular weight is 475 g/mol. The van der Waals surface area contributed by atoms with Crippen LogP contribution < -0.4 is 16.0 Å². The summed E-state index contributed by atoms with van der Waals surface area (Å²) in [6.45, 7) is 5.31. The van der Waals surface area contributed by atoms with Gasteiger partial charge in [-0.1, -0.05) is 129 Å². The molecule has 0 bridgehead atoms. The first-order valence-corrected chi connectivity index (χ1v) is 14.6. The third-order valence-electron chi connectivity index (χ3n) is 7.03. The molecule has 0 heterocycles. The number of ether oxygens (including phenoxy) is 1. The molecule has 1 rings (SSSR count). The lowest BCUT2D eigenvalue weighted by Gasteiger charge is -2.18. The predicted octanol–water partition coefficient (Wildman–Crippen LogP) is 8.95. The monoisotopic (exact) mass is 474 g/mol. The van der Waals surface area contributed by atoms with Crippen LogP contribution in [-0.2, 0) is 0 Å². The minimum Gasteiger partial charge on any atom is -0.491 e. The Bertz CT molecular complexity index is 605. The van der Waals surface area contributed by atoms with Gasteiger partial charge < -0.3 is 10.5 Å². The van der Waals surface area contributed by atoms with Crippen LogP contribution in [0, 0.1) is 5.92 Å². The quantitative estimate of drug-likeness (QED) is 0.0891. The molecule has 1 aromatic carbocycles. The Kier molecular flexibility index (Phi) is 19.6. The van der Waals surface area contributed by atoms with E-state index in [0.29, 0.717) is 23.0 Å². The molecule has 4 nitrogen and oxygen atoms in total. The van der Waals surface area contributed by atoms with Gasteiger partial charge in [0, 0.05) is 11.8 Å². The molecule has 0 aliphatic rings. The fourth-order valence-corrected chi connectivity index (χ4v) is 4.76. The number of hydrogen-bond donors (Lipinski definition) is 2. The van der Waals surface area contributed by atoms with Crippen molar-refractivity contribution in [1.82, 2.24) is 0 Å². The van der Waals surface area contributed by atoms with E-state index in [1.54, 1.807) is 0 Å². The summed E-state index contributed by atoms with van der Waals surface area (Å²) in [5.74, 6) is 1.31. The summed E-state index contributed by atoms with van der Waals surface area (Å²) in [7, 11) is 0. The molecular weight excluding hydrogens is 418 g/mol. The molecule has 1 atom stereocenters. The van der Waals surface area contributed by atoms with Gasteiger partial charge in [0.25, 0.3) is 0 Å². The molecule has 1 aromatic rings. The van der Waals surface area contributed by atoms with Crippen LogP contribution in [-0.4, -0.2) is 6.61 Å². The summed E-state index contributed by atoms with van der Waals surface area (Å²) in [6.07, 6.45) is 27.3. The van der Waals surface area contributed by atoms with Crippen LogP contribution in [0.3, 0.4) is 0 Å². The van der Waals surface area contributed by atoms with E-state index in [0.717, 1.165) is 6.61 Å². The van der Waals surface area contributed by atoms with E-state index < -0.39 is 0 Å². The molecule has 34 heavy (non-hydrogen) atoms. The Balaban J connectivity index is 2.33. The zero-order valence-corrected chi connectivity index (χ0v) is 22.7. The minimum atomic E-state index is 0.598. The van der Waals surface area contributed by atoms with Gasteiger partial charge in [-0.25, -0.2) is 0 Å². The molecule has 0 aliphatic heterocycles. The fourth-order valence-electron chi connectivity index (χ4n) is 4.76. The molecule has 0 saturated heterocycles. The Hall–Kier alpha value is -1.58. The third kappa shape index (κ3) is 16.1. The third-order valence-corrected chi connectivity index (χ3v) is 7.03. The van der Waals surface area contributed by atoms with Crippen molar-refractivity contribution >= 4 is 11.4 Å². The van der Waals surface area contributed by atoms with Crippen LogP contribution in [0.25, 0.3) is 0 Å². The molecule has 1 unspecified atom stereocenters. The number of nitrogen functional groups attached to an aromatic ring is 1. The normalized spacial score (nSPS) is 12.1. The van der Waals surface area contributed by atoms with Crippen molar-refractivity contribution in [1.29, 1.82) is 0 Å². The number of nitrogens with two attached hydrogens (primary N) is 2. The summed E-state index contributed by atoms with van der Waals surface area (Å²) in [4.78, 5) is 0. The van der Waals surface area contributed by atoms with Gasteiger partial charge in [-0.3, -0.25) is 0 Å². The van der Waals surface area contributed by atoms with E-state index in [9.17, 15) is 0 Å². The van der Waals surface area contributed by atoms with E-state index in [1.807, 2.05) is 18.2 Å². The van der Waals surface area contributed by atoms with Crippen LogP contribution in [0.2, 0.25) is 0 Å². The summed E-state index contributed by atoms with van der Waals surface area (Å²) < 4.78 is 6.18. The van der Waals surface area contributed by atoms with Crippen LogP contribution in [0.4, 0.5) is 11.4 Å². The van der Waals surface area contributed by atoms with Gasteiger partial charge in [-0.15, -0.1) is 0 Å². The van der Waals surface area contributed by atoms with E-state index in [-0.39, 0.29) is 0 Å². The van der Waals surface area contributed by atoms with Crippen molar-refractivity contribution in [2.45, 2.75) is 142 Å². The molecular formula is C30H56N3O+. The molecule has 0 amide bonds. The highest BCUT2D eigenvalue weighted by molar-refractivity contribution is 5.58. The standard InChI is InChI=1S/C30H55N3O/c1-3-5-7-9-11-13-14-16-18-20-22-27(21-19-17-15-12-10-8-6-4-2)26-34-30-25-28(31)23-24-29(30)33-32/h23-25,27,32H,3-22,26,31H2,1-2H3/p+1. The molecule has 0 saturated carbocycles. The lowest BCUT2D eigenvalue weighted by molar-refractivity contribution is -0.210. The fraction of sp³-hybridized carbons (Fsp3) is 0.800. The van der Waals surface area contributed by atoms with Crippen LogP contribution >= 0.6 is 0 Å². The van der Waals surface area contributed by atoms with E-state index >= 15 is 0 Å². The summed E-state index contributed by atoms with van der Waals surface area (Å²) in [5.41, 5.74) is 12.9. The van der Waals surface area contributed by atoms with Crippen molar-refractivity contribution in [2.24, 2.45) is 11.0 Å². The highest BCUT2D eigenvalue weighted by Gasteiger charge is 2.13. The van der Waals surface area contributed by atoms with Gasteiger partial charge in [0.1, 0.15) is 0 Å². The van der Waals surface area contributed by atoms with Crippen molar-refractivity contribution in [2.75, 3.05) is 12.3 Å². The van der Waals surface area contributed by atoms with Gasteiger partial charge in [-0.05, 0) is 36.0 Å². The Morgan fingerprint density at radius 2 is 1.15 bits per heavy atom. The van der Waals surface area contributed by atoms with Crippen LogP contribution in [0.15, 0.2) is 23.3 Å². The highest BCUT2D eigenvalue weighted by atomic mass is 16.5. The van der Waals surface area contributed by atoms with Crippen molar-refractivity contribution < 1.29 is 10.3 Å². The number of anilines is 1. The molecule has 4 heteroatoms. The Morgan fingerprint density at radius 1 is 0.706 bits per heavy atom. The highest BCUT2D eigenvalue weighted by Crippen LogP contribution is 2.30. The first kappa shape index (κ1) is 30.5. The maximum Gasteiger partial charge on any atom is 0.171 e. The van der Waals surface area contributed by atoms with E-state index in [1.165, 1.54) is 128 Å². The first-order valence-electron chi connectivity index (χ1n) is 14.6. The largest absolute Gasteiger partial charge is 0.491 e. The molecule has 0 aliphatic carbocycles. The topological polar surface area (TPSA) is 73.2 Å². The zero-order valence-electron chi connectivity index (χ0n) is 22.7. The van der Waals surface area contributed by atoms with Gasteiger partial charge in [-0.2, -0.15) is 5.53 Å². The molecule has 0 fully saturated rings. The summed E-state index contributed by atoms with van der Waals surface area (Å²) in [6, 6.07) is 5.50. The number of nitrogens with zero attached hydrogens (tertiary/aromatic N) is 1. The Morgan fingerprint density at radius 3 is 1.59 bits per heavy atom. The minimum absolute atomic E-state index is 0.598. The summed E-state index contributed by atoms with van der Waals surface area (Å²) in [5, 5.41) is 3.85. The number of hydrogen-bond acceptors (Lipinski definition) is 3. The number of benzene rings is 1. The molecule has 0 aromatic heterocycles. The molecule has 0 radical (unpaired) electrons. The van der Waals surface area contributed by atoms with E-state index in [4.69, 9.17) is 16.0 Å². The van der Waals surface area contributed by atoms with Crippen molar-refractivity contribution in [3.63, 3.8) is 0 Å². The predicted molar refractivity (Wildman–Crippen MR) is 148 cm³/mol. The van der Waals surface area contributed by atoms with Crippen LogP contribution in [0.1, 0.15) is 142 Å². The molecule has 4 N–H and O–H groups in total. The number of rotatable bonds is 24. The maximum atomic E-state index is 6.18. The van der Waals surface area contributed by atoms with Gasteiger partial charge in [0.05, 0.1) is 6.61 Å². The average Bonchev–Trinajstić information content (AvgIpc) is 2.84. The van der Waals surface area contributed by atoms with Gasteiger partial charge in [0.15, 0.2) is 11.4 Å². The van der Waals surface area contributed by atoms with Crippen molar-refractivity contribution in [3.05, 3.63) is 18.2 Å². The lowest BCUT2D eigenvalue weighted by Crippen LogP contribution is -2.22. The lowest BCUT2D eigenvalue weighted by atomic mass is 9.94. The molecule has 196 valence electrons. The molecule has 0 spiro atoms. The second kappa shape index (κ2) is 21.9. The smallest absolute Gasteiger partial charge is 0.171 e. The van der Waals surface area contributed by atoms with E-state index in [2.05, 4.69) is 19.0 Å².